The van der Waals surface area contributed by atoms with E-state index in [9.17, 15) is 9.59 Å². The number of rotatable bonds is 4. The maximum absolute atomic E-state index is 13.0. The van der Waals surface area contributed by atoms with Crippen LogP contribution in [0.3, 0.4) is 0 Å². The third-order valence-corrected chi connectivity index (χ3v) is 6.50. The summed E-state index contributed by atoms with van der Waals surface area (Å²) in [5, 5.41) is 3.73. The number of furan rings is 1. The molecule has 1 spiro atoms. The SMILES string of the molecule is CNC(=O)[C@@H]1COC2(CN(C(=O)c3oc4ccccc4c3C)C2)CN1CC1CC1. The van der Waals surface area contributed by atoms with Crippen LogP contribution in [-0.4, -0.2) is 73.1 Å². The van der Waals surface area contributed by atoms with E-state index >= 15 is 0 Å². The number of nitrogens with zero attached hydrogens (tertiary/aromatic N) is 2. The molecule has 7 heteroatoms. The third-order valence-electron chi connectivity index (χ3n) is 6.50. The zero-order valence-electron chi connectivity index (χ0n) is 16.9. The van der Waals surface area contributed by atoms with E-state index in [1.54, 1.807) is 11.9 Å². The van der Waals surface area contributed by atoms with Gasteiger partial charge in [-0.2, -0.15) is 0 Å². The minimum absolute atomic E-state index is 0.00524. The predicted molar refractivity (Wildman–Crippen MR) is 108 cm³/mol. The Morgan fingerprint density at radius 1 is 1.21 bits per heavy atom. The van der Waals surface area contributed by atoms with Gasteiger partial charge in [-0.25, -0.2) is 0 Å². The van der Waals surface area contributed by atoms with Crippen LogP contribution in [0.1, 0.15) is 29.0 Å². The fourth-order valence-corrected chi connectivity index (χ4v) is 4.63. The van der Waals surface area contributed by atoms with Crippen molar-refractivity contribution >= 4 is 22.8 Å². The summed E-state index contributed by atoms with van der Waals surface area (Å²) in [4.78, 5) is 29.3. The molecule has 2 aromatic rings. The van der Waals surface area contributed by atoms with Crippen LogP contribution in [0, 0.1) is 12.8 Å². The number of nitrogens with one attached hydrogen (secondary N) is 1. The van der Waals surface area contributed by atoms with Gasteiger partial charge in [0.1, 0.15) is 17.2 Å². The second-order valence-electron chi connectivity index (χ2n) is 8.71. The van der Waals surface area contributed by atoms with Gasteiger partial charge in [-0.3, -0.25) is 14.5 Å². The normalized spacial score (nSPS) is 23.9. The van der Waals surface area contributed by atoms with Crippen molar-refractivity contribution in [1.29, 1.82) is 0 Å². The molecule has 1 atom stereocenters. The fraction of sp³-hybridized carbons (Fsp3) is 0.545. The van der Waals surface area contributed by atoms with Crippen LogP contribution in [-0.2, 0) is 9.53 Å². The molecule has 1 saturated carbocycles. The van der Waals surface area contributed by atoms with Gasteiger partial charge >= 0.3 is 0 Å². The molecular formula is C22H27N3O4. The topological polar surface area (TPSA) is 75.0 Å². The first-order valence-electron chi connectivity index (χ1n) is 10.4. The predicted octanol–water partition coefficient (Wildman–Crippen LogP) is 1.79. The van der Waals surface area contributed by atoms with E-state index in [1.165, 1.54) is 12.8 Å². The summed E-state index contributed by atoms with van der Waals surface area (Å²) >= 11 is 0. The highest BCUT2D eigenvalue weighted by Crippen LogP contribution is 2.37. The highest BCUT2D eigenvalue weighted by atomic mass is 16.5. The third kappa shape index (κ3) is 3.22. The summed E-state index contributed by atoms with van der Waals surface area (Å²) < 4.78 is 12.0. The first-order valence-corrected chi connectivity index (χ1v) is 10.4. The van der Waals surface area contributed by atoms with E-state index in [-0.39, 0.29) is 23.5 Å². The molecule has 0 bridgehead atoms. The number of aryl methyl sites for hydroxylation is 1. The van der Waals surface area contributed by atoms with E-state index < -0.39 is 0 Å². The number of carbonyl (C=O) groups is 2. The molecule has 1 aliphatic carbocycles. The lowest BCUT2D eigenvalue weighted by Crippen LogP contribution is -2.73. The van der Waals surface area contributed by atoms with Gasteiger partial charge in [-0.1, -0.05) is 18.2 Å². The Labute approximate surface area is 170 Å². The minimum Gasteiger partial charge on any atom is -0.451 e. The van der Waals surface area contributed by atoms with Crippen molar-refractivity contribution in [3.05, 3.63) is 35.6 Å². The minimum atomic E-state index is -0.380. The second-order valence-corrected chi connectivity index (χ2v) is 8.71. The number of fused-ring (bicyclic) bond motifs is 1. The van der Waals surface area contributed by atoms with Crippen molar-refractivity contribution in [3.8, 4) is 0 Å². The summed E-state index contributed by atoms with van der Waals surface area (Å²) in [6.45, 7) is 4.98. The molecule has 2 aliphatic heterocycles. The molecule has 1 aromatic heterocycles. The fourth-order valence-electron chi connectivity index (χ4n) is 4.63. The maximum atomic E-state index is 13.0. The highest BCUT2D eigenvalue weighted by molar-refractivity contribution is 5.99. The average molecular weight is 397 g/mol. The molecule has 1 N–H and O–H groups in total. The molecule has 29 heavy (non-hydrogen) atoms. The van der Waals surface area contributed by atoms with Gasteiger partial charge in [0, 0.05) is 31.1 Å². The van der Waals surface area contributed by atoms with Gasteiger partial charge in [-0.15, -0.1) is 0 Å². The van der Waals surface area contributed by atoms with Gasteiger partial charge in [0.2, 0.25) is 5.91 Å². The van der Waals surface area contributed by atoms with Gasteiger partial charge in [0.05, 0.1) is 19.7 Å². The quantitative estimate of drug-likeness (QED) is 0.852. The largest absolute Gasteiger partial charge is 0.451 e. The van der Waals surface area contributed by atoms with Crippen LogP contribution in [0.5, 0.6) is 0 Å². The standard InChI is InChI=1S/C22H27N3O4/c1-14-16-5-3-4-6-18(16)29-19(14)21(27)25-12-22(13-25)11-24(9-15-7-8-15)17(10-28-22)20(26)23-2/h3-6,15,17H,7-13H2,1-2H3,(H,23,26)/t17-/m0/s1. The number of para-hydroxylation sites is 1. The Morgan fingerprint density at radius 3 is 2.66 bits per heavy atom. The average Bonchev–Trinajstić information content (AvgIpc) is 3.46. The Hall–Kier alpha value is -2.38. The molecule has 0 unspecified atom stereocenters. The number of amides is 2. The Bertz CT molecular complexity index is 958. The van der Waals surface area contributed by atoms with Crippen LogP contribution < -0.4 is 5.32 Å². The molecule has 3 aliphatic rings. The van der Waals surface area contributed by atoms with E-state index in [0.29, 0.717) is 37.9 Å². The van der Waals surface area contributed by atoms with Gasteiger partial charge in [0.25, 0.3) is 5.91 Å². The van der Waals surface area contributed by atoms with Gasteiger partial charge in [-0.05, 0) is 31.7 Å². The van der Waals surface area contributed by atoms with Gasteiger partial charge in [0.15, 0.2) is 5.76 Å². The van der Waals surface area contributed by atoms with Gasteiger partial charge < -0.3 is 19.4 Å². The second kappa shape index (κ2) is 6.85. The number of hydrogen-bond acceptors (Lipinski definition) is 5. The van der Waals surface area contributed by atoms with Crippen molar-refractivity contribution in [1.82, 2.24) is 15.1 Å². The van der Waals surface area contributed by atoms with Crippen LogP contribution in [0.25, 0.3) is 11.0 Å². The number of carbonyl (C=O) groups excluding carboxylic acids is 2. The van der Waals surface area contributed by atoms with Crippen molar-refractivity contribution in [2.24, 2.45) is 5.92 Å². The lowest BCUT2D eigenvalue weighted by atomic mass is 9.89. The summed E-state index contributed by atoms with van der Waals surface area (Å²) in [6, 6.07) is 7.47. The molecule has 154 valence electrons. The highest BCUT2D eigenvalue weighted by Gasteiger charge is 2.53. The zero-order chi connectivity index (χ0) is 20.2. The molecule has 0 radical (unpaired) electrons. The first-order chi connectivity index (χ1) is 14.0. The number of likely N-dealkylation sites (tertiary alicyclic amines) is 1. The van der Waals surface area contributed by atoms with Crippen LogP contribution in [0.2, 0.25) is 0 Å². The Morgan fingerprint density at radius 2 is 1.97 bits per heavy atom. The monoisotopic (exact) mass is 397 g/mol. The maximum Gasteiger partial charge on any atom is 0.290 e. The van der Waals surface area contributed by atoms with Crippen molar-refractivity contribution in [2.45, 2.75) is 31.4 Å². The summed E-state index contributed by atoms with van der Waals surface area (Å²) in [5.41, 5.74) is 1.24. The number of ether oxygens (including phenoxy) is 1. The van der Waals surface area contributed by atoms with Crippen molar-refractivity contribution in [2.75, 3.05) is 39.8 Å². The molecule has 2 amide bonds. The Kier molecular flexibility index (Phi) is 4.40. The summed E-state index contributed by atoms with van der Waals surface area (Å²) in [5.74, 6) is 1.02. The number of likely N-dealkylation sites (N-methyl/N-ethyl adjacent to an activating group) is 1. The van der Waals surface area contributed by atoms with Crippen molar-refractivity contribution in [3.63, 3.8) is 0 Å². The molecule has 3 heterocycles. The molecule has 1 aromatic carbocycles. The van der Waals surface area contributed by atoms with E-state index in [1.807, 2.05) is 31.2 Å². The number of hydrogen-bond donors (Lipinski definition) is 1. The first kappa shape index (κ1) is 18.6. The zero-order valence-corrected chi connectivity index (χ0v) is 16.9. The lowest BCUT2D eigenvalue weighted by molar-refractivity contribution is -0.192. The Balaban J connectivity index is 1.29. The van der Waals surface area contributed by atoms with Crippen LogP contribution in [0.4, 0.5) is 0 Å². The molecule has 5 rings (SSSR count). The molecule has 3 fully saturated rings. The molecule has 7 nitrogen and oxygen atoms in total. The van der Waals surface area contributed by atoms with Crippen LogP contribution >= 0.6 is 0 Å². The summed E-state index contributed by atoms with van der Waals surface area (Å²) in [6.07, 6.45) is 2.47. The number of morpholine rings is 1. The molecular weight excluding hydrogens is 370 g/mol. The van der Waals surface area contributed by atoms with E-state index in [0.717, 1.165) is 23.1 Å². The smallest absolute Gasteiger partial charge is 0.290 e. The van der Waals surface area contributed by atoms with E-state index in [2.05, 4.69) is 10.2 Å². The van der Waals surface area contributed by atoms with E-state index in [4.69, 9.17) is 9.15 Å². The molecule has 2 saturated heterocycles. The number of benzene rings is 1. The van der Waals surface area contributed by atoms with Crippen molar-refractivity contribution < 1.29 is 18.7 Å². The summed E-state index contributed by atoms with van der Waals surface area (Å²) in [7, 11) is 1.67. The van der Waals surface area contributed by atoms with Crippen LogP contribution in [0.15, 0.2) is 28.7 Å². The lowest BCUT2D eigenvalue weighted by Gasteiger charge is -2.55.